The molecule has 1 atom stereocenters. The summed E-state index contributed by atoms with van der Waals surface area (Å²) in [7, 11) is 1.60. The Balaban J connectivity index is 1.52. The first kappa shape index (κ1) is 24.0. The lowest BCUT2D eigenvalue weighted by Gasteiger charge is -2.37. The Morgan fingerprint density at radius 2 is 1.85 bits per heavy atom. The van der Waals surface area contributed by atoms with Crippen LogP contribution in [0.25, 0.3) is 0 Å². The van der Waals surface area contributed by atoms with Crippen LogP contribution in [0, 0.1) is 5.82 Å². The van der Waals surface area contributed by atoms with Gasteiger partial charge in [0.25, 0.3) is 0 Å². The molecule has 4 rings (SSSR count). The second-order valence-electron chi connectivity index (χ2n) is 8.43. The van der Waals surface area contributed by atoms with E-state index in [0.29, 0.717) is 13.1 Å². The van der Waals surface area contributed by atoms with Crippen LogP contribution in [-0.4, -0.2) is 48.4 Å². The Morgan fingerprint density at radius 1 is 1.12 bits per heavy atom. The van der Waals surface area contributed by atoms with E-state index in [2.05, 4.69) is 0 Å². The van der Waals surface area contributed by atoms with Gasteiger partial charge in [0.05, 0.1) is 26.1 Å². The number of ether oxygens (including phenoxy) is 1. The number of amides is 2. The minimum atomic E-state index is -0.304. The topological polar surface area (TPSA) is 49.9 Å². The Hall–Kier alpha value is -3.19. The molecule has 3 aromatic rings. The zero-order valence-electron chi connectivity index (χ0n) is 19.5. The lowest BCUT2D eigenvalue weighted by molar-refractivity contribution is -0.141. The van der Waals surface area contributed by atoms with Crippen LogP contribution in [0.5, 0.6) is 5.75 Å². The summed E-state index contributed by atoms with van der Waals surface area (Å²) in [4.78, 5) is 31.4. The van der Waals surface area contributed by atoms with E-state index in [1.165, 1.54) is 17.0 Å². The van der Waals surface area contributed by atoms with Crippen molar-refractivity contribution >= 4 is 23.2 Å². The van der Waals surface area contributed by atoms with Gasteiger partial charge in [0.1, 0.15) is 11.6 Å². The second kappa shape index (κ2) is 10.8. The van der Waals surface area contributed by atoms with Gasteiger partial charge in [0, 0.05) is 18.0 Å². The molecule has 0 saturated heterocycles. The summed E-state index contributed by atoms with van der Waals surface area (Å²) in [6.07, 6.45) is 1.77. The largest absolute Gasteiger partial charge is 0.497 e. The summed E-state index contributed by atoms with van der Waals surface area (Å²) < 4.78 is 18.8. The van der Waals surface area contributed by atoms with Crippen LogP contribution in [0.3, 0.4) is 0 Å². The number of methoxy groups -OCH3 is 1. The summed E-state index contributed by atoms with van der Waals surface area (Å²) in [6.45, 7) is 3.11. The van der Waals surface area contributed by atoms with Gasteiger partial charge in [-0.3, -0.25) is 9.59 Å². The number of hydrogen-bond acceptors (Lipinski definition) is 4. The van der Waals surface area contributed by atoms with Gasteiger partial charge in [-0.1, -0.05) is 31.2 Å². The molecule has 0 fully saturated rings. The van der Waals surface area contributed by atoms with Crippen LogP contribution >= 0.6 is 11.3 Å². The second-order valence-corrected chi connectivity index (χ2v) is 9.43. The number of thiophene rings is 1. The van der Waals surface area contributed by atoms with E-state index in [4.69, 9.17) is 4.74 Å². The van der Waals surface area contributed by atoms with Crippen LogP contribution in [0.4, 0.5) is 4.39 Å². The van der Waals surface area contributed by atoms with Crippen LogP contribution in [-0.2, 0) is 22.4 Å². The highest BCUT2D eigenvalue weighted by Gasteiger charge is 2.33. The summed E-state index contributed by atoms with van der Waals surface area (Å²) in [5, 5.41) is 2.04. The molecule has 178 valence electrons. The lowest BCUT2D eigenvalue weighted by atomic mass is 9.93. The lowest BCUT2D eigenvalue weighted by Crippen LogP contribution is -2.47. The minimum absolute atomic E-state index is 0.0278. The zero-order valence-corrected chi connectivity index (χ0v) is 20.3. The quantitative estimate of drug-likeness (QED) is 0.463. The third-order valence-corrected chi connectivity index (χ3v) is 7.16. The fourth-order valence-electron chi connectivity index (χ4n) is 4.44. The Bertz CT molecular complexity index is 1130. The van der Waals surface area contributed by atoms with Crippen molar-refractivity contribution in [1.82, 2.24) is 9.80 Å². The molecule has 0 saturated carbocycles. The van der Waals surface area contributed by atoms with Gasteiger partial charge in [-0.05, 0) is 65.2 Å². The highest BCUT2D eigenvalue weighted by atomic mass is 32.1. The highest BCUT2D eigenvalue weighted by molar-refractivity contribution is 7.10. The van der Waals surface area contributed by atoms with Crippen molar-refractivity contribution in [2.75, 3.05) is 26.7 Å². The first-order chi connectivity index (χ1) is 16.5. The van der Waals surface area contributed by atoms with Crippen LogP contribution in [0.15, 0.2) is 60.0 Å². The normalized spacial score (nSPS) is 15.0. The maximum atomic E-state index is 13.6. The number of nitrogens with zero attached hydrogens (tertiary/aromatic N) is 2. The van der Waals surface area contributed by atoms with Gasteiger partial charge in [0.15, 0.2) is 0 Å². The maximum Gasteiger partial charge on any atom is 0.242 e. The monoisotopic (exact) mass is 480 g/mol. The van der Waals surface area contributed by atoms with Crippen molar-refractivity contribution in [2.45, 2.75) is 32.2 Å². The molecule has 0 N–H and O–H groups in total. The number of rotatable bonds is 8. The number of halogens is 1. The SMILES string of the molecule is CCCN(CC(=O)N1CCc2sccc2C1c1ccc(F)cc1)C(=O)Cc1ccc(OC)cc1. The Morgan fingerprint density at radius 3 is 2.53 bits per heavy atom. The average Bonchev–Trinajstić information content (AvgIpc) is 3.33. The predicted octanol–water partition coefficient (Wildman–Crippen LogP) is 4.85. The molecule has 0 radical (unpaired) electrons. The first-order valence-corrected chi connectivity index (χ1v) is 12.4. The minimum Gasteiger partial charge on any atom is -0.497 e. The molecule has 1 aliphatic rings. The fraction of sp³-hybridized carbons (Fsp3) is 0.333. The van der Waals surface area contributed by atoms with Crippen LogP contribution in [0.2, 0.25) is 0 Å². The number of carbonyl (C=O) groups is 2. The van der Waals surface area contributed by atoms with Crippen molar-refractivity contribution < 1.29 is 18.7 Å². The fourth-order valence-corrected chi connectivity index (χ4v) is 5.34. The molecule has 2 amide bonds. The zero-order chi connectivity index (χ0) is 24.1. The Kier molecular flexibility index (Phi) is 7.63. The molecule has 2 aromatic carbocycles. The molecule has 0 bridgehead atoms. The average molecular weight is 481 g/mol. The first-order valence-electron chi connectivity index (χ1n) is 11.5. The molecule has 0 spiro atoms. The van der Waals surface area contributed by atoms with Gasteiger partial charge in [-0.2, -0.15) is 0 Å². The summed E-state index contributed by atoms with van der Waals surface area (Å²) in [5.41, 5.74) is 2.84. The smallest absolute Gasteiger partial charge is 0.242 e. The molecular formula is C27H29FN2O3S. The molecule has 0 aliphatic carbocycles. The van der Waals surface area contributed by atoms with Gasteiger partial charge in [-0.15, -0.1) is 11.3 Å². The predicted molar refractivity (Wildman–Crippen MR) is 132 cm³/mol. The molecule has 1 unspecified atom stereocenters. The van der Waals surface area contributed by atoms with E-state index in [-0.39, 0.29) is 36.6 Å². The van der Waals surface area contributed by atoms with E-state index in [1.807, 2.05) is 47.5 Å². The summed E-state index contributed by atoms with van der Waals surface area (Å²) in [6, 6.07) is 15.5. The van der Waals surface area contributed by atoms with Gasteiger partial charge in [0.2, 0.25) is 11.8 Å². The standard InChI is InChI=1S/C27H29FN2O3S/c1-3-14-29(25(31)17-19-4-10-22(33-2)11-5-19)18-26(32)30-15-12-24-23(13-16-34-24)27(30)20-6-8-21(28)9-7-20/h4-11,13,16,27H,3,12,14-15,17-18H2,1-2H3. The van der Waals surface area contributed by atoms with E-state index in [0.717, 1.165) is 35.3 Å². The van der Waals surface area contributed by atoms with Crippen LogP contribution in [0.1, 0.15) is 41.0 Å². The molecule has 7 heteroatoms. The van der Waals surface area contributed by atoms with Crippen molar-refractivity contribution in [1.29, 1.82) is 0 Å². The van der Waals surface area contributed by atoms with Crippen molar-refractivity contribution in [3.05, 3.63) is 87.4 Å². The summed E-state index contributed by atoms with van der Waals surface area (Å²) in [5.74, 6) is 0.261. The van der Waals surface area contributed by atoms with Gasteiger partial charge in [-0.25, -0.2) is 4.39 Å². The van der Waals surface area contributed by atoms with Crippen LogP contribution < -0.4 is 4.74 Å². The Labute approximate surface area is 203 Å². The van der Waals surface area contributed by atoms with Crippen molar-refractivity contribution in [3.63, 3.8) is 0 Å². The maximum absolute atomic E-state index is 13.6. The van der Waals surface area contributed by atoms with Gasteiger partial charge < -0.3 is 14.5 Å². The number of carbonyl (C=O) groups excluding carboxylic acids is 2. The van der Waals surface area contributed by atoms with Gasteiger partial charge >= 0.3 is 0 Å². The third-order valence-electron chi connectivity index (χ3n) is 6.16. The molecule has 2 heterocycles. The van der Waals surface area contributed by atoms with Crippen molar-refractivity contribution in [3.8, 4) is 5.75 Å². The molecule has 34 heavy (non-hydrogen) atoms. The number of hydrogen-bond donors (Lipinski definition) is 0. The number of benzene rings is 2. The highest BCUT2D eigenvalue weighted by Crippen LogP contribution is 2.38. The molecule has 1 aliphatic heterocycles. The molecule has 1 aromatic heterocycles. The van der Waals surface area contributed by atoms with E-state index >= 15 is 0 Å². The third kappa shape index (κ3) is 5.30. The van der Waals surface area contributed by atoms with E-state index in [1.54, 1.807) is 35.5 Å². The summed E-state index contributed by atoms with van der Waals surface area (Å²) >= 11 is 1.69. The number of fused-ring (bicyclic) bond motifs is 1. The van der Waals surface area contributed by atoms with E-state index < -0.39 is 0 Å². The molecule has 5 nitrogen and oxygen atoms in total. The molecular weight excluding hydrogens is 451 g/mol. The van der Waals surface area contributed by atoms with Crippen molar-refractivity contribution in [2.24, 2.45) is 0 Å². The van der Waals surface area contributed by atoms with E-state index in [9.17, 15) is 14.0 Å².